The summed E-state index contributed by atoms with van der Waals surface area (Å²) in [5, 5.41) is 0. The lowest BCUT2D eigenvalue weighted by atomic mass is 10.0. The van der Waals surface area contributed by atoms with Crippen molar-refractivity contribution in [3.05, 3.63) is 59.7 Å². The molecule has 5 heteroatoms. The van der Waals surface area contributed by atoms with Crippen molar-refractivity contribution in [1.29, 1.82) is 0 Å². The molecule has 22 heavy (non-hydrogen) atoms. The normalized spacial score (nSPS) is 17.6. The topological polar surface area (TPSA) is 55.4 Å². The van der Waals surface area contributed by atoms with Gasteiger partial charge in [-0.15, -0.1) is 0 Å². The van der Waals surface area contributed by atoms with Gasteiger partial charge in [-0.3, -0.25) is 0 Å². The number of para-hydroxylation sites is 1. The SMILES string of the molecule is CCc1ccc(S(=O)(=O)NC2CCOc3ccccc32)cc1. The fourth-order valence-electron chi connectivity index (χ4n) is 2.62. The fraction of sp³-hybridized carbons (Fsp3) is 0.294. The van der Waals surface area contributed by atoms with Gasteiger partial charge in [0.2, 0.25) is 10.0 Å². The molecule has 0 radical (unpaired) electrons. The van der Waals surface area contributed by atoms with E-state index >= 15 is 0 Å². The van der Waals surface area contributed by atoms with E-state index in [1.807, 2.05) is 43.3 Å². The van der Waals surface area contributed by atoms with Crippen LogP contribution in [0.5, 0.6) is 5.75 Å². The fourth-order valence-corrected chi connectivity index (χ4v) is 3.87. The maximum atomic E-state index is 12.6. The standard InChI is InChI=1S/C17H19NO3S/c1-2-13-7-9-14(10-8-13)22(19,20)18-16-11-12-21-17-6-4-3-5-15(16)17/h3-10,16,18H,2,11-12H2,1H3. The van der Waals surface area contributed by atoms with Crippen molar-refractivity contribution in [3.63, 3.8) is 0 Å². The highest BCUT2D eigenvalue weighted by molar-refractivity contribution is 7.89. The Kier molecular flexibility index (Phi) is 4.18. The first kappa shape index (κ1) is 15.1. The van der Waals surface area contributed by atoms with Crippen LogP contribution in [0.15, 0.2) is 53.4 Å². The first-order chi connectivity index (χ1) is 10.6. The Morgan fingerprint density at radius 2 is 1.86 bits per heavy atom. The van der Waals surface area contributed by atoms with Crippen molar-refractivity contribution in [1.82, 2.24) is 4.72 Å². The highest BCUT2D eigenvalue weighted by Crippen LogP contribution is 2.32. The molecule has 1 unspecified atom stereocenters. The smallest absolute Gasteiger partial charge is 0.241 e. The Hall–Kier alpha value is -1.85. The van der Waals surface area contributed by atoms with Crippen LogP contribution < -0.4 is 9.46 Å². The number of rotatable bonds is 4. The number of benzene rings is 2. The summed E-state index contributed by atoms with van der Waals surface area (Å²) in [6, 6.07) is 14.3. The van der Waals surface area contributed by atoms with E-state index < -0.39 is 10.0 Å². The molecule has 3 rings (SSSR count). The van der Waals surface area contributed by atoms with Gasteiger partial charge >= 0.3 is 0 Å². The number of fused-ring (bicyclic) bond motifs is 1. The maximum Gasteiger partial charge on any atom is 0.241 e. The number of ether oxygens (including phenoxy) is 1. The summed E-state index contributed by atoms with van der Waals surface area (Å²) in [6.45, 7) is 2.56. The molecule has 1 N–H and O–H groups in total. The van der Waals surface area contributed by atoms with E-state index in [1.165, 1.54) is 0 Å². The van der Waals surface area contributed by atoms with Gasteiger partial charge in [0.1, 0.15) is 5.75 Å². The van der Waals surface area contributed by atoms with Gasteiger partial charge in [-0.2, -0.15) is 0 Å². The maximum absolute atomic E-state index is 12.6. The van der Waals surface area contributed by atoms with Crippen LogP contribution in [0.3, 0.4) is 0 Å². The summed E-state index contributed by atoms with van der Waals surface area (Å²) in [7, 11) is -3.53. The van der Waals surface area contributed by atoms with Crippen LogP contribution in [0.25, 0.3) is 0 Å². The monoisotopic (exact) mass is 317 g/mol. The molecule has 0 saturated heterocycles. The lowest BCUT2D eigenvalue weighted by Crippen LogP contribution is -2.32. The number of sulfonamides is 1. The number of aryl methyl sites for hydroxylation is 1. The summed E-state index contributed by atoms with van der Waals surface area (Å²) in [5.41, 5.74) is 2.01. The third-order valence-corrected chi connectivity index (χ3v) is 5.39. The molecule has 0 amide bonds. The Morgan fingerprint density at radius 1 is 1.14 bits per heavy atom. The van der Waals surface area contributed by atoms with Gasteiger partial charge < -0.3 is 4.74 Å². The average molecular weight is 317 g/mol. The van der Waals surface area contributed by atoms with E-state index in [2.05, 4.69) is 4.72 Å². The zero-order valence-corrected chi connectivity index (χ0v) is 13.3. The lowest BCUT2D eigenvalue weighted by molar-refractivity contribution is 0.263. The second-order valence-corrected chi connectivity index (χ2v) is 7.06. The van der Waals surface area contributed by atoms with Gasteiger partial charge in [0, 0.05) is 12.0 Å². The zero-order valence-electron chi connectivity index (χ0n) is 12.5. The van der Waals surface area contributed by atoms with E-state index in [4.69, 9.17) is 4.74 Å². The first-order valence-corrected chi connectivity index (χ1v) is 8.91. The molecule has 1 heterocycles. The summed E-state index contributed by atoms with van der Waals surface area (Å²) in [5.74, 6) is 0.753. The minimum Gasteiger partial charge on any atom is -0.493 e. The van der Waals surface area contributed by atoms with Gasteiger partial charge in [-0.1, -0.05) is 37.3 Å². The van der Waals surface area contributed by atoms with Crippen molar-refractivity contribution in [3.8, 4) is 5.75 Å². The minimum atomic E-state index is -3.53. The summed E-state index contributed by atoms with van der Waals surface area (Å²) < 4.78 is 33.5. The molecule has 0 bridgehead atoms. The number of hydrogen-bond acceptors (Lipinski definition) is 3. The molecule has 1 aliphatic rings. The van der Waals surface area contributed by atoms with Crippen LogP contribution in [-0.2, 0) is 16.4 Å². The van der Waals surface area contributed by atoms with Crippen molar-refractivity contribution in [2.45, 2.75) is 30.7 Å². The molecular formula is C17H19NO3S. The number of nitrogens with one attached hydrogen (secondary N) is 1. The molecule has 2 aromatic rings. The minimum absolute atomic E-state index is 0.249. The molecule has 2 aromatic carbocycles. The van der Waals surface area contributed by atoms with Crippen LogP contribution in [0.1, 0.15) is 30.5 Å². The van der Waals surface area contributed by atoms with Crippen LogP contribution in [0.4, 0.5) is 0 Å². The van der Waals surface area contributed by atoms with Gasteiger partial charge in [0.15, 0.2) is 0 Å². The quantitative estimate of drug-likeness (QED) is 0.943. The van der Waals surface area contributed by atoms with Gasteiger partial charge in [0.25, 0.3) is 0 Å². The largest absolute Gasteiger partial charge is 0.493 e. The third-order valence-electron chi connectivity index (χ3n) is 3.90. The van der Waals surface area contributed by atoms with Gasteiger partial charge in [0.05, 0.1) is 17.5 Å². The Morgan fingerprint density at radius 3 is 2.59 bits per heavy atom. The van der Waals surface area contributed by atoms with Gasteiger partial charge in [-0.25, -0.2) is 13.1 Å². The summed E-state index contributed by atoms with van der Waals surface area (Å²) in [4.78, 5) is 0.300. The zero-order chi connectivity index (χ0) is 15.6. The molecule has 0 saturated carbocycles. The predicted molar refractivity (Wildman–Crippen MR) is 85.4 cm³/mol. The number of hydrogen-bond donors (Lipinski definition) is 1. The molecule has 4 nitrogen and oxygen atoms in total. The lowest BCUT2D eigenvalue weighted by Gasteiger charge is -2.26. The third kappa shape index (κ3) is 3.00. The van der Waals surface area contributed by atoms with E-state index in [1.54, 1.807) is 12.1 Å². The average Bonchev–Trinajstić information content (AvgIpc) is 2.55. The Labute approximate surface area is 131 Å². The first-order valence-electron chi connectivity index (χ1n) is 7.43. The Balaban J connectivity index is 1.86. The van der Waals surface area contributed by atoms with Crippen molar-refractivity contribution in [2.75, 3.05) is 6.61 Å². The predicted octanol–water partition coefficient (Wildman–Crippen LogP) is 3.05. The van der Waals surface area contributed by atoms with E-state index in [0.29, 0.717) is 17.9 Å². The molecule has 0 aliphatic carbocycles. The van der Waals surface area contributed by atoms with Crippen LogP contribution in [-0.4, -0.2) is 15.0 Å². The molecule has 0 fully saturated rings. The second-order valence-electron chi connectivity index (χ2n) is 5.35. The molecule has 0 spiro atoms. The molecule has 116 valence electrons. The van der Waals surface area contributed by atoms with Crippen molar-refractivity contribution in [2.24, 2.45) is 0 Å². The van der Waals surface area contributed by atoms with E-state index in [9.17, 15) is 8.42 Å². The van der Waals surface area contributed by atoms with Crippen LogP contribution >= 0.6 is 0 Å². The highest BCUT2D eigenvalue weighted by atomic mass is 32.2. The Bertz CT molecular complexity index is 754. The van der Waals surface area contributed by atoms with Crippen LogP contribution in [0, 0.1) is 0 Å². The second kappa shape index (κ2) is 6.10. The van der Waals surface area contributed by atoms with E-state index in [-0.39, 0.29) is 6.04 Å². The van der Waals surface area contributed by atoms with Crippen molar-refractivity contribution < 1.29 is 13.2 Å². The highest BCUT2D eigenvalue weighted by Gasteiger charge is 2.26. The van der Waals surface area contributed by atoms with Crippen LogP contribution in [0.2, 0.25) is 0 Å². The summed E-state index contributed by atoms with van der Waals surface area (Å²) in [6.07, 6.45) is 1.52. The van der Waals surface area contributed by atoms with E-state index in [0.717, 1.165) is 23.3 Å². The van der Waals surface area contributed by atoms with Gasteiger partial charge in [-0.05, 0) is 30.2 Å². The summed E-state index contributed by atoms with van der Waals surface area (Å²) >= 11 is 0. The molecule has 0 aromatic heterocycles. The van der Waals surface area contributed by atoms with Crippen molar-refractivity contribution >= 4 is 10.0 Å². The molecular weight excluding hydrogens is 298 g/mol. The molecule has 1 aliphatic heterocycles. The molecule has 1 atom stereocenters.